The van der Waals surface area contributed by atoms with E-state index in [0.29, 0.717) is 5.69 Å². The lowest BCUT2D eigenvalue weighted by Crippen LogP contribution is -2.19. The molecule has 3 aromatic rings. The summed E-state index contributed by atoms with van der Waals surface area (Å²) >= 11 is 3.52. The molecule has 2 aromatic carbocycles. The number of hydrogen-bond donors (Lipinski definition) is 2. The molecule has 0 fully saturated rings. The highest BCUT2D eigenvalue weighted by Gasteiger charge is 2.08. The summed E-state index contributed by atoms with van der Waals surface area (Å²) in [6.45, 7) is 0. The number of halogens is 1. The van der Waals surface area contributed by atoms with Gasteiger partial charge >= 0.3 is 6.03 Å². The van der Waals surface area contributed by atoms with Crippen LogP contribution < -0.4 is 15.5 Å². The van der Waals surface area contributed by atoms with Crippen molar-refractivity contribution in [1.82, 2.24) is 4.98 Å². The summed E-state index contributed by atoms with van der Waals surface area (Å²) in [6.07, 6.45) is 1.68. The van der Waals surface area contributed by atoms with Gasteiger partial charge in [0.15, 0.2) is 0 Å². The first-order valence-electron chi connectivity index (χ1n) is 7.43. The molecule has 0 aliphatic rings. The quantitative estimate of drug-likeness (QED) is 0.687. The molecular formula is C18H17BrN4O. The maximum Gasteiger partial charge on any atom is 0.323 e. The molecule has 6 heteroatoms. The van der Waals surface area contributed by atoms with Gasteiger partial charge in [-0.15, -0.1) is 0 Å². The molecule has 2 N–H and O–H groups in total. The van der Waals surface area contributed by atoms with Crippen molar-refractivity contribution in [3.63, 3.8) is 0 Å². The van der Waals surface area contributed by atoms with E-state index in [2.05, 4.69) is 31.5 Å². The standard InChI is InChI=1S/C18H17BrN4O/c1-23(2)17-8-7-12(11-14(17)19)21-18(24)22-16-9-10-20-15-6-4-3-5-13(15)16/h3-11H,1-2H3,(H2,20,21,22,24). The molecule has 0 aliphatic carbocycles. The van der Waals surface area contributed by atoms with Crippen LogP contribution in [0.3, 0.4) is 0 Å². The zero-order valence-corrected chi connectivity index (χ0v) is 15.0. The van der Waals surface area contributed by atoms with Crippen LogP contribution in [0.25, 0.3) is 10.9 Å². The van der Waals surface area contributed by atoms with Gasteiger partial charge in [0, 0.05) is 35.8 Å². The zero-order chi connectivity index (χ0) is 17.1. The highest BCUT2D eigenvalue weighted by atomic mass is 79.9. The van der Waals surface area contributed by atoms with Gasteiger partial charge in [0.1, 0.15) is 0 Å². The van der Waals surface area contributed by atoms with E-state index in [-0.39, 0.29) is 6.03 Å². The van der Waals surface area contributed by atoms with Crippen molar-refractivity contribution in [2.45, 2.75) is 0 Å². The molecule has 0 aliphatic heterocycles. The summed E-state index contributed by atoms with van der Waals surface area (Å²) < 4.78 is 0.916. The number of fused-ring (bicyclic) bond motifs is 1. The van der Waals surface area contributed by atoms with Crippen molar-refractivity contribution in [2.75, 3.05) is 29.6 Å². The number of hydrogen-bond acceptors (Lipinski definition) is 3. The van der Waals surface area contributed by atoms with E-state index in [0.717, 1.165) is 26.8 Å². The van der Waals surface area contributed by atoms with Gasteiger partial charge in [-0.3, -0.25) is 4.98 Å². The van der Waals surface area contributed by atoms with Crippen molar-refractivity contribution in [1.29, 1.82) is 0 Å². The molecule has 0 saturated heterocycles. The van der Waals surface area contributed by atoms with Crippen LogP contribution in [-0.2, 0) is 0 Å². The third-order valence-corrected chi connectivity index (χ3v) is 4.22. The molecule has 0 bridgehead atoms. The van der Waals surface area contributed by atoms with Crippen LogP contribution in [0.15, 0.2) is 59.2 Å². The van der Waals surface area contributed by atoms with Gasteiger partial charge in [-0.2, -0.15) is 0 Å². The van der Waals surface area contributed by atoms with Crippen LogP contribution in [0.1, 0.15) is 0 Å². The Labute approximate surface area is 148 Å². The van der Waals surface area contributed by atoms with Crippen LogP contribution in [-0.4, -0.2) is 25.1 Å². The number of nitrogens with zero attached hydrogens (tertiary/aromatic N) is 2. The molecule has 0 unspecified atom stereocenters. The zero-order valence-electron chi connectivity index (χ0n) is 13.4. The molecule has 3 rings (SSSR count). The fourth-order valence-electron chi connectivity index (χ4n) is 2.44. The Morgan fingerprint density at radius 1 is 1.08 bits per heavy atom. The third-order valence-electron chi connectivity index (χ3n) is 3.58. The highest BCUT2D eigenvalue weighted by Crippen LogP contribution is 2.28. The van der Waals surface area contributed by atoms with Gasteiger partial charge in [0.2, 0.25) is 0 Å². The number of amides is 2. The minimum atomic E-state index is -0.296. The summed E-state index contributed by atoms with van der Waals surface area (Å²) in [5, 5.41) is 6.62. The number of nitrogens with one attached hydrogen (secondary N) is 2. The van der Waals surface area contributed by atoms with E-state index in [4.69, 9.17) is 0 Å². The number of aromatic nitrogens is 1. The van der Waals surface area contributed by atoms with Crippen LogP contribution in [0, 0.1) is 0 Å². The van der Waals surface area contributed by atoms with Crippen LogP contribution in [0.2, 0.25) is 0 Å². The Bertz CT molecular complexity index is 890. The number of anilines is 3. The van der Waals surface area contributed by atoms with Gasteiger partial charge in [0.25, 0.3) is 0 Å². The van der Waals surface area contributed by atoms with E-state index in [1.807, 2.05) is 61.5 Å². The Hall–Kier alpha value is -2.60. The maximum atomic E-state index is 12.3. The average molecular weight is 385 g/mol. The number of para-hydroxylation sites is 1. The lowest BCUT2D eigenvalue weighted by Gasteiger charge is -2.16. The third kappa shape index (κ3) is 3.49. The SMILES string of the molecule is CN(C)c1ccc(NC(=O)Nc2ccnc3ccccc23)cc1Br. The molecule has 122 valence electrons. The highest BCUT2D eigenvalue weighted by molar-refractivity contribution is 9.10. The summed E-state index contributed by atoms with van der Waals surface area (Å²) in [5.41, 5.74) is 3.32. The first-order chi connectivity index (χ1) is 11.5. The molecule has 0 saturated carbocycles. The van der Waals surface area contributed by atoms with Gasteiger partial charge in [-0.25, -0.2) is 4.79 Å². The Kier molecular flexibility index (Phi) is 4.66. The summed E-state index contributed by atoms with van der Waals surface area (Å²) in [6, 6.07) is 14.9. The smallest absolute Gasteiger partial charge is 0.323 e. The first kappa shape index (κ1) is 16.3. The van der Waals surface area contributed by atoms with E-state index in [9.17, 15) is 4.79 Å². The molecule has 0 radical (unpaired) electrons. The van der Waals surface area contributed by atoms with Crippen LogP contribution in [0.4, 0.5) is 21.9 Å². The Balaban J connectivity index is 1.77. The van der Waals surface area contributed by atoms with Gasteiger partial charge in [-0.05, 0) is 46.3 Å². The van der Waals surface area contributed by atoms with Crippen molar-refractivity contribution >= 4 is 49.9 Å². The fourth-order valence-corrected chi connectivity index (χ4v) is 3.17. The minimum Gasteiger partial charge on any atom is -0.377 e. The van der Waals surface area contributed by atoms with Gasteiger partial charge in [-0.1, -0.05) is 18.2 Å². The molecule has 1 aromatic heterocycles. The molecule has 5 nitrogen and oxygen atoms in total. The van der Waals surface area contributed by atoms with E-state index >= 15 is 0 Å². The lowest BCUT2D eigenvalue weighted by atomic mass is 10.2. The first-order valence-corrected chi connectivity index (χ1v) is 8.22. The lowest BCUT2D eigenvalue weighted by molar-refractivity contribution is 0.262. The Morgan fingerprint density at radius 3 is 2.62 bits per heavy atom. The molecule has 0 spiro atoms. The number of carbonyl (C=O) groups is 1. The van der Waals surface area contributed by atoms with Crippen molar-refractivity contribution < 1.29 is 4.79 Å². The second-order valence-electron chi connectivity index (χ2n) is 5.52. The Morgan fingerprint density at radius 2 is 1.88 bits per heavy atom. The average Bonchev–Trinajstić information content (AvgIpc) is 2.55. The van der Waals surface area contributed by atoms with E-state index < -0.39 is 0 Å². The maximum absolute atomic E-state index is 12.3. The fraction of sp³-hybridized carbons (Fsp3) is 0.111. The van der Waals surface area contributed by atoms with Crippen LogP contribution in [0.5, 0.6) is 0 Å². The normalized spacial score (nSPS) is 10.5. The number of rotatable bonds is 3. The van der Waals surface area contributed by atoms with E-state index in [1.165, 1.54) is 0 Å². The molecular weight excluding hydrogens is 368 g/mol. The van der Waals surface area contributed by atoms with Crippen LogP contribution >= 0.6 is 15.9 Å². The second kappa shape index (κ2) is 6.88. The molecule has 2 amide bonds. The van der Waals surface area contributed by atoms with Gasteiger partial charge < -0.3 is 15.5 Å². The topological polar surface area (TPSA) is 57.3 Å². The summed E-state index contributed by atoms with van der Waals surface area (Å²) in [4.78, 5) is 18.6. The second-order valence-corrected chi connectivity index (χ2v) is 6.37. The number of benzene rings is 2. The van der Waals surface area contributed by atoms with Gasteiger partial charge in [0.05, 0.1) is 16.9 Å². The molecule has 0 atom stereocenters. The van der Waals surface area contributed by atoms with Crippen molar-refractivity contribution in [3.05, 3.63) is 59.2 Å². The minimum absolute atomic E-state index is 0.296. The summed E-state index contributed by atoms with van der Waals surface area (Å²) in [7, 11) is 3.93. The molecule has 24 heavy (non-hydrogen) atoms. The summed E-state index contributed by atoms with van der Waals surface area (Å²) in [5.74, 6) is 0. The van der Waals surface area contributed by atoms with Crippen molar-refractivity contribution in [3.8, 4) is 0 Å². The predicted molar refractivity (Wildman–Crippen MR) is 103 cm³/mol. The predicted octanol–water partition coefficient (Wildman–Crippen LogP) is 4.71. The number of pyridine rings is 1. The van der Waals surface area contributed by atoms with E-state index in [1.54, 1.807) is 12.3 Å². The monoisotopic (exact) mass is 384 g/mol. The number of carbonyl (C=O) groups excluding carboxylic acids is 1. The largest absolute Gasteiger partial charge is 0.377 e. The molecule has 1 heterocycles. The number of urea groups is 1. The van der Waals surface area contributed by atoms with Crippen molar-refractivity contribution in [2.24, 2.45) is 0 Å².